The fourth-order valence-corrected chi connectivity index (χ4v) is 11.0. The lowest BCUT2D eigenvalue weighted by atomic mass is 9.82. The van der Waals surface area contributed by atoms with Gasteiger partial charge in [0, 0.05) is 44.2 Å². The van der Waals surface area contributed by atoms with Gasteiger partial charge in [0.1, 0.15) is 0 Å². The van der Waals surface area contributed by atoms with Gasteiger partial charge in [-0.1, -0.05) is 173 Å². The van der Waals surface area contributed by atoms with E-state index in [4.69, 9.17) is 0 Å². The first-order valence-electron chi connectivity index (χ1n) is 21.9. The van der Waals surface area contributed by atoms with Gasteiger partial charge in [0.05, 0.1) is 16.7 Å². The lowest BCUT2D eigenvalue weighted by molar-refractivity contribution is 0.660. The van der Waals surface area contributed by atoms with Crippen LogP contribution < -0.4 is 4.90 Å². The van der Waals surface area contributed by atoms with Crippen LogP contribution in [0.4, 0.5) is 17.1 Å². The molecule has 2 aliphatic carbocycles. The summed E-state index contributed by atoms with van der Waals surface area (Å²) in [4.78, 5) is 2.50. The molecule has 0 saturated carbocycles. The second-order valence-corrected chi connectivity index (χ2v) is 18.1. The summed E-state index contributed by atoms with van der Waals surface area (Å²) in [5, 5.41) is 2.50. The third-order valence-corrected chi connectivity index (χ3v) is 14.0. The zero-order valence-corrected chi connectivity index (χ0v) is 35.5. The molecule has 2 aliphatic rings. The van der Waals surface area contributed by atoms with E-state index in [2.05, 4.69) is 243 Å². The van der Waals surface area contributed by atoms with Gasteiger partial charge < -0.3 is 9.47 Å². The first-order chi connectivity index (χ1) is 30.3. The van der Waals surface area contributed by atoms with Crippen LogP contribution in [0.2, 0.25) is 0 Å². The molecule has 2 nitrogen and oxygen atoms in total. The van der Waals surface area contributed by atoms with Crippen LogP contribution in [0, 0.1) is 0 Å². The number of rotatable bonds is 6. The molecule has 0 amide bonds. The average molecular weight is 795 g/mol. The normalized spacial score (nSPS) is 14.1. The monoisotopic (exact) mass is 794 g/mol. The van der Waals surface area contributed by atoms with E-state index < -0.39 is 0 Å². The molecule has 0 saturated heterocycles. The molecule has 10 aromatic rings. The summed E-state index contributed by atoms with van der Waals surface area (Å²) >= 11 is 0. The third-order valence-electron chi connectivity index (χ3n) is 14.0. The molecule has 296 valence electrons. The number of hydrogen-bond acceptors (Lipinski definition) is 1. The predicted octanol–water partition coefficient (Wildman–Crippen LogP) is 16.2. The van der Waals surface area contributed by atoms with Crippen molar-refractivity contribution in [1.29, 1.82) is 0 Å². The highest BCUT2D eigenvalue weighted by Crippen LogP contribution is 2.56. The second-order valence-electron chi connectivity index (χ2n) is 18.1. The van der Waals surface area contributed by atoms with Gasteiger partial charge in [-0.15, -0.1) is 0 Å². The number of hydrogen-bond donors (Lipinski definition) is 0. The third kappa shape index (κ3) is 5.29. The maximum absolute atomic E-state index is 2.50. The van der Waals surface area contributed by atoms with E-state index >= 15 is 0 Å². The number of aromatic nitrogens is 1. The van der Waals surface area contributed by atoms with E-state index in [1.54, 1.807) is 0 Å². The molecule has 0 aliphatic heterocycles. The Bertz CT molecular complexity index is 3420. The molecule has 1 aromatic heterocycles. The van der Waals surface area contributed by atoms with E-state index in [0.29, 0.717) is 0 Å². The first-order valence-corrected chi connectivity index (χ1v) is 21.9. The van der Waals surface area contributed by atoms with Crippen LogP contribution in [0.1, 0.15) is 49.9 Å². The van der Waals surface area contributed by atoms with Crippen LogP contribution in [0.25, 0.3) is 72.0 Å². The van der Waals surface area contributed by atoms with Gasteiger partial charge in [0.25, 0.3) is 0 Å². The van der Waals surface area contributed by atoms with Gasteiger partial charge in [-0.3, -0.25) is 0 Å². The van der Waals surface area contributed by atoms with Crippen molar-refractivity contribution in [2.45, 2.75) is 38.5 Å². The molecule has 0 bridgehead atoms. The number of anilines is 3. The maximum Gasteiger partial charge on any atom is 0.0543 e. The number of para-hydroxylation sites is 2. The quantitative estimate of drug-likeness (QED) is 0.163. The van der Waals surface area contributed by atoms with E-state index in [1.807, 2.05) is 0 Å². The Hall–Kier alpha value is -7.42. The van der Waals surface area contributed by atoms with E-state index in [-0.39, 0.29) is 10.8 Å². The Morgan fingerprint density at radius 3 is 1.61 bits per heavy atom. The van der Waals surface area contributed by atoms with E-state index in [1.165, 1.54) is 99.9 Å². The summed E-state index contributed by atoms with van der Waals surface area (Å²) in [5.41, 5.74) is 22.4. The van der Waals surface area contributed by atoms with Crippen molar-refractivity contribution in [3.63, 3.8) is 0 Å². The van der Waals surface area contributed by atoms with Crippen LogP contribution in [0.3, 0.4) is 0 Å². The number of benzene rings is 9. The molecule has 0 radical (unpaired) electrons. The Morgan fingerprint density at radius 2 is 0.871 bits per heavy atom. The van der Waals surface area contributed by atoms with Crippen LogP contribution in [0.5, 0.6) is 0 Å². The predicted molar refractivity (Wildman–Crippen MR) is 261 cm³/mol. The van der Waals surface area contributed by atoms with Gasteiger partial charge in [-0.05, 0) is 122 Å². The van der Waals surface area contributed by atoms with Crippen molar-refractivity contribution in [1.82, 2.24) is 4.57 Å². The molecule has 2 heteroatoms. The zero-order chi connectivity index (χ0) is 41.7. The summed E-state index contributed by atoms with van der Waals surface area (Å²) in [6.45, 7) is 9.46. The molecule has 9 aromatic carbocycles. The topological polar surface area (TPSA) is 8.17 Å². The van der Waals surface area contributed by atoms with Crippen LogP contribution in [0.15, 0.2) is 206 Å². The molecule has 62 heavy (non-hydrogen) atoms. The highest BCUT2D eigenvalue weighted by molar-refractivity contribution is 6.10. The SMILES string of the molecule is CC1(C)c2ccccc2-c2c(-c3cccc(N(c4cccc(-c5ccc6c(c5)c5ccccc5n6-c5ccccc5)c4)c4cccc5c4-c4ccccc4C5(C)C)c3)cccc21. The van der Waals surface area contributed by atoms with Crippen LogP contribution in [-0.4, -0.2) is 4.57 Å². The fraction of sp³-hybridized carbons (Fsp3) is 0.100. The first kappa shape index (κ1) is 36.4. The zero-order valence-electron chi connectivity index (χ0n) is 35.5. The van der Waals surface area contributed by atoms with Crippen molar-refractivity contribution in [2.75, 3.05) is 4.90 Å². The van der Waals surface area contributed by atoms with E-state index in [9.17, 15) is 0 Å². The highest BCUT2D eigenvalue weighted by atomic mass is 15.1. The molecule has 0 N–H and O–H groups in total. The number of fused-ring (bicyclic) bond motifs is 9. The Morgan fingerprint density at radius 1 is 0.355 bits per heavy atom. The molecule has 0 atom stereocenters. The number of nitrogens with zero attached hydrogens (tertiary/aromatic N) is 2. The van der Waals surface area contributed by atoms with Crippen LogP contribution >= 0.6 is 0 Å². The average Bonchev–Trinajstić information content (AvgIpc) is 3.87. The molecule has 0 unspecified atom stereocenters. The van der Waals surface area contributed by atoms with Crippen molar-refractivity contribution in [2.24, 2.45) is 0 Å². The highest BCUT2D eigenvalue weighted by Gasteiger charge is 2.39. The van der Waals surface area contributed by atoms with E-state index in [0.717, 1.165) is 11.4 Å². The molecule has 1 heterocycles. The molecular formula is C60H46N2. The summed E-state index contributed by atoms with van der Waals surface area (Å²) in [6, 6.07) is 76.5. The fourth-order valence-electron chi connectivity index (χ4n) is 11.0. The smallest absolute Gasteiger partial charge is 0.0543 e. The summed E-state index contributed by atoms with van der Waals surface area (Å²) in [5.74, 6) is 0. The lowest BCUT2D eigenvalue weighted by Crippen LogP contribution is -2.16. The summed E-state index contributed by atoms with van der Waals surface area (Å²) < 4.78 is 2.39. The Kier molecular flexibility index (Phi) is 7.96. The molecule has 0 spiro atoms. The van der Waals surface area contributed by atoms with Gasteiger partial charge in [-0.25, -0.2) is 0 Å². The van der Waals surface area contributed by atoms with Crippen molar-refractivity contribution in [3.05, 3.63) is 229 Å². The lowest BCUT2D eigenvalue weighted by Gasteiger charge is -2.29. The minimum atomic E-state index is -0.129. The van der Waals surface area contributed by atoms with Crippen molar-refractivity contribution >= 4 is 38.9 Å². The largest absolute Gasteiger partial charge is 0.310 e. The standard InChI is InChI=1S/C60H46N2/c1-59(2)50-28-11-8-25-47(50)57-45(27-16-30-52(57)59)41-19-15-23-44(37-41)61(56-33-17-31-53-58(56)48-26-9-12-29-51(48)60(53,3)4)43-22-14-18-39(36-43)40-34-35-55-49(38-40)46-24-10-13-32-54(46)62(55)42-20-6-5-7-21-42/h5-38H,1-4H3. The van der Waals surface area contributed by atoms with Gasteiger partial charge in [0.15, 0.2) is 0 Å². The minimum absolute atomic E-state index is 0.0731. The Labute approximate surface area is 364 Å². The van der Waals surface area contributed by atoms with Crippen molar-refractivity contribution < 1.29 is 0 Å². The molecular weight excluding hydrogens is 749 g/mol. The maximum atomic E-state index is 2.50. The van der Waals surface area contributed by atoms with Gasteiger partial charge >= 0.3 is 0 Å². The molecule has 12 rings (SSSR count). The second kappa shape index (κ2) is 13.5. The minimum Gasteiger partial charge on any atom is -0.310 e. The van der Waals surface area contributed by atoms with Gasteiger partial charge in [-0.2, -0.15) is 0 Å². The van der Waals surface area contributed by atoms with Crippen molar-refractivity contribution in [3.8, 4) is 50.2 Å². The molecule has 0 fully saturated rings. The summed E-state index contributed by atoms with van der Waals surface area (Å²) in [6.07, 6.45) is 0. The summed E-state index contributed by atoms with van der Waals surface area (Å²) in [7, 11) is 0. The van der Waals surface area contributed by atoms with Crippen LogP contribution in [-0.2, 0) is 10.8 Å². The van der Waals surface area contributed by atoms with Gasteiger partial charge in [0.2, 0.25) is 0 Å². The Balaban J connectivity index is 1.06.